The number of nitrogens with one attached hydrogen (secondary N) is 2. The zero-order valence-corrected chi connectivity index (χ0v) is 38.3. The highest BCUT2D eigenvalue weighted by atomic mass is 32.1. The Kier molecular flexibility index (Phi) is 17.5. The van der Waals surface area contributed by atoms with Crippen LogP contribution in [-0.4, -0.2) is 82.9 Å². The number of methoxy groups -OCH3 is 2. The molecule has 3 aliphatic rings. The van der Waals surface area contributed by atoms with E-state index in [-0.39, 0.29) is 90.8 Å². The zero-order chi connectivity index (χ0) is 37.4. The van der Waals surface area contributed by atoms with Crippen molar-refractivity contribution in [1.82, 2.24) is 30.3 Å². The Balaban J connectivity index is 0.00000218. The minimum atomic E-state index is -0.906. The number of carbonyl (C=O) groups excluding carboxylic acids is 3. The molecule has 314 valence electrons. The molecule has 2 N–H and O–H groups in total. The average molecular weight is 879 g/mol. The molecular formula is C40H58N6O6S5. The van der Waals surface area contributed by atoms with Gasteiger partial charge in [-0.25, -0.2) is 10.4 Å². The number of cyclic esters (lactones) is 1. The summed E-state index contributed by atoms with van der Waals surface area (Å²) in [6.07, 6.45) is 4.75. The van der Waals surface area contributed by atoms with Gasteiger partial charge in [-0.2, -0.15) is 54.0 Å². The van der Waals surface area contributed by atoms with E-state index in [9.17, 15) is 14.4 Å². The summed E-state index contributed by atoms with van der Waals surface area (Å²) in [6.45, 7) is 9.69. The molecule has 4 aromatic rings. The summed E-state index contributed by atoms with van der Waals surface area (Å²) in [4.78, 5) is 51.0. The molecule has 17 heteroatoms. The second kappa shape index (κ2) is 20.5. The van der Waals surface area contributed by atoms with Crippen molar-refractivity contribution >= 4 is 94.0 Å². The van der Waals surface area contributed by atoms with E-state index in [4.69, 9.17) is 24.2 Å². The molecule has 1 aromatic carbocycles. The first-order valence-electron chi connectivity index (χ1n) is 18.7. The highest BCUT2D eigenvalue weighted by molar-refractivity contribution is 7.59. The van der Waals surface area contributed by atoms with Crippen LogP contribution in [0.2, 0.25) is 0 Å². The number of nitrogens with zero attached hydrogens (tertiary/aromatic N) is 4. The number of fused-ring (bicyclic) bond motifs is 6. The van der Waals surface area contributed by atoms with Gasteiger partial charge in [-0.15, -0.1) is 11.3 Å². The van der Waals surface area contributed by atoms with Crippen molar-refractivity contribution in [2.75, 3.05) is 27.4 Å². The first-order valence-corrected chi connectivity index (χ1v) is 19.5. The number of rotatable bonds is 8. The Morgan fingerprint density at radius 3 is 2.54 bits per heavy atom. The van der Waals surface area contributed by atoms with Crippen LogP contribution in [0.15, 0.2) is 41.9 Å². The summed E-state index contributed by atoms with van der Waals surface area (Å²) in [6, 6.07) is 8.91. The number of aryl methyl sites for hydroxylation is 1. The van der Waals surface area contributed by atoms with Gasteiger partial charge in [0, 0.05) is 72.8 Å². The van der Waals surface area contributed by atoms with Crippen molar-refractivity contribution in [1.29, 1.82) is 0 Å². The number of hydrazine groups is 1. The summed E-state index contributed by atoms with van der Waals surface area (Å²) in [5, 5.41) is 8.28. The summed E-state index contributed by atoms with van der Waals surface area (Å²) in [5.74, 6) is -0.893. The van der Waals surface area contributed by atoms with Crippen LogP contribution in [0.25, 0.3) is 33.4 Å². The minimum absolute atomic E-state index is 0. The molecule has 0 unspecified atom stereocenters. The van der Waals surface area contributed by atoms with Gasteiger partial charge in [-0.05, 0) is 81.7 Å². The van der Waals surface area contributed by atoms with Gasteiger partial charge >= 0.3 is 5.97 Å². The second-order valence-electron chi connectivity index (χ2n) is 15.3. The lowest BCUT2D eigenvalue weighted by Gasteiger charge is -2.35. The lowest BCUT2D eigenvalue weighted by Crippen LogP contribution is -2.61. The fourth-order valence-corrected chi connectivity index (χ4v) is 8.58. The van der Waals surface area contributed by atoms with Gasteiger partial charge in [0.05, 0.1) is 34.8 Å². The number of benzene rings is 1. The molecule has 2 amide bonds. The number of carbonyl (C=O) groups is 3. The summed E-state index contributed by atoms with van der Waals surface area (Å²) < 4.78 is 19.7. The number of ether oxygens (including phenoxy) is 3. The van der Waals surface area contributed by atoms with E-state index in [1.54, 1.807) is 13.3 Å². The van der Waals surface area contributed by atoms with E-state index in [1.807, 2.05) is 18.4 Å². The number of thiazole rings is 1. The van der Waals surface area contributed by atoms with Crippen molar-refractivity contribution in [2.24, 2.45) is 11.3 Å². The van der Waals surface area contributed by atoms with Gasteiger partial charge < -0.3 is 24.1 Å². The Labute approximate surface area is 367 Å². The highest BCUT2D eigenvalue weighted by Gasteiger charge is 2.40. The standard InChI is InChI=1S/C40H50N6O6S.4H2S/c1-7-45-32-15-14-25-18-27(32)28(35(45)26-10-8-16-41-34(26)23(2)50-5)20-40(3,4)22-52-39(49)29-11-9-17-46(44-29)38(48)30(19-33-42-31(25)21-53-33)43-37(47)36(51-6)24-12-13-24;;;;/h8,10,14-16,18,21,23-24,29-30,36,44H,7,9,11-13,17,19-20,22H2,1-6H3,(H,43,47);4*1H2/t23-,29-,30-,36-;;;;/m0..../s1. The van der Waals surface area contributed by atoms with E-state index in [2.05, 4.69) is 60.3 Å². The Hall–Kier alpha value is -2.77. The Morgan fingerprint density at radius 1 is 1.11 bits per heavy atom. The van der Waals surface area contributed by atoms with Crippen molar-refractivity contribution in [2.45, 2.75) is 97.1 Å². The summed E-state index contributed by atoms with van der Waals surface area (Å²) >= 11 is 1.46. The highest BCUT2D eigenvalue weighted by Crippen LogP contribution is 2.42. The predicted octanol–water partition coefficient (Wildman–Crippen LogP) is 6.08. The van der Waals surface area contributed by atoms with E-state index < -0.39 is 29.6 Å². The number of aromatic nitrogens is 3. The summed E-state index contributed by atoms with van der Waals surface area (Å²) in [5.41, 5.74) is 9.58. The largest absolute Gasteiger partial charge is 0.464 e. The van der Waals surface area contributed by atoms with Crippen LogP contribution in [-0.2, 0) is 48.0 Å². The number of hydrogen-bond acceptors (Lipinski definition) is 10. The van der Waals surface area contributed by atoms with E-state index in [1.165, 1.54) is 23.5 Å². The van der Waals surface area contributed by atoms with Crippen LogP contribution in [0.5, 0.6) is 0 Å². The van der Waals surface area contributed by atoms with Gasteiger partial charge in [-0.3, -0.25) is 24.4 Å². The van der Waals surface area contributed by atoms with E-state index >= 15 is 0 Å². The van der Waals surface area contributed by atoms with Gasteiger partial charge in [0.25, 0.3) is 5.91 Å². The Morgan fingerprint density at radius 2 is 1.86 bits per heavy atom. The molecule has 6 bridgehead atoms. The van der Waals surface area contributed by atoms with Crippen molar-refractivity contribution in [3.05, 3.63) is 58.2 Å². The van der Waals surface area contributed by atoms with Crippen LogP contribution >= 0.6 is 65.3 Å². The van der Waals surface area contributed by atoms with Crippen molar-refractivity contribution in [3.63, 3.8) is 0 Å². The second-order valence-corrected chi connectivity index (χ2v) is 16.2. The fourth-order valence-electron chi connectivity index (χ4n) is 7.73. The molecule has 3 aromatic heterocycles. The van der Waals surface area contributed by atoms with Crippen LogP contribution in [0.3, 0.4) is 0 Å². The number of hydrogen-bond donors (Lipinski definition) is 2. The van der Waals surface area contributed by atoms with Gasteiger partial charge in [-0.1, -0.05) is 19.9 Å². The predicted molar refractivity (Wildman–Crippen MR) is 244 cm³/mol. The molecule has 4 atom stereocenters. The lowest BCUT2D eigenvalue weighted by atomic mass is 9.84. The van der Waals surface area contributed by atoms with Crippen molar-refractivity contribution in [3.8, 4) is 22.5 Å². The van der Waals surface area contributed by atoms with Crippen LogP contribution in [0, 0.1) is 11.3 Å². The molecule has 1 saturated heterocycles. The smallest absolute Gasteiger partial charge is 0.324 e. The number of pyridine rings is 1. The fraction of sp³-hybridized carbons (Fsp3) is 0.525. The normalized spacial score (nSPS) is 20.4. The van der Waals surface area contributed by atoms with Gasteiger partial charge in [0.2, 0.25) is 5.91 Å². The van der Waals surface area contributed by atoms with Crippen LogP contribution < -0.4 is 10.7 Å². The molecule has 57 heavy (non-hydrogen) atoms. The number of esters is 1. The molecule has 7 rings (SSSR count). The van der Waals surface area contributed by atoms with Crippen molar-refractivity contribution < 1.29 is 28.6 Å². The maximum Gasteiger partial charge on any atom is 0.324 e. The molecule has 1 saturated carbocycles. The lowest BCUT2D eigenvalue weighted by molar-refractivity contribution is -0.155. The molecule has 0 radical (unpaired) electrons. The van der Waals surface area contributed by atoms with E-state index in [0.29, 0.717) is 25.8 Å². The molecule has 5 heterocycles. The zero-order valence-electron chi connectivity index (χ0n) is 33.4. The quantitative estimate of drug-likeness (QED) is 0.202. The first-order chi connectivity index (χ1) is 25.5. The molecule has 0 spiro atoms. The van der Waals surface area contributed by atoms with Crippen LogP contribution in [0.1, 0.15) is 75.7 Å². The molecule has 12 nitrogen and oxygen atoms in total. The first kappa shape index (κ1) is 48.6. The van der Waals surface area contributed by atoms with Crippen LogP contribution in [0.4, 0.5) is 0 Å². The molecule has 1 aliphatic carbocycles. The monoisotopic (exact) mass is 878 g/mol. The molecule has 2 aliphatic heterocycles. The van der Waals surface area contributed by atoms with Gasteiger partial charge in [0.1, 0.15) is 18.2 Å². The average Bonchev–Trinajstić information content (AvgIpc) is 3.81. The third-order valence-corrected chi connectivity index (χ3v) is 11.6. The maximum atomic E-state index is 14.1. The molecule has 2 fully saturated rings. The Bertz CT molecular complexity index is 2020. The third kappa shape index (κ3) is 10.3. The third-order valence-electron chi connectivity index (χ3n) is 10.7. The van der Waals surface area contributed by atoms with E-state index in [0.717, 1.165) is 69.1 Å². The minimum Gasteiger partial charge on any atom is -0.464 e. The molecular weight excluding hydrogens is 821 g/mol. The summed E-state index contributed by atoms with van der Waals surface area (Å²) in [7, 11) is 3.22. The number of amides is 2. The van der Waals surface area contributed by atoms with Gasteiger partial charge in [0.15, 0.2) is 0 Å². The topological polar surface area (TPSA) is 137 Å². The maximum absolute atomic E-state index is 14.1. The SMILES string of the molecule is CCn1c(-c2cccnc2[C@H](C)OC)c2c3cc(ccc31)-c1csc(n1)C[C@H](NC(=O)[C@@H](OC)C1CC1)C(=O)N1CCC[C@H](N1)C(=O)OCC(C)(C)C2.S.S.S.S.